The Hall–Kier alpha value is -3.54. The number of nitriles is 1. The van der Waals surface area contributed by atoms with Gasteiger partial charge in [-0.1, -0.05) is 17.7 Å². The second-order valence-corrected chi connectivity index (χ2v) is 10.1. The SMILES string of the molecule is Cc1ccc(-n2ncc(C(=O)Nc3ccc(C4(C#N)CCN(CC(C)(C)O)CC4)nc3)c2C)cc1. The Balaban J connectivity index is 1.44. The number of carbonyl (C=O) groups excluding carboxylic acids is 1. The third kappa shape index (κ3) is 5.42. The number of benzene rings is 1. The molecule has 3 heterocycles. The summed E-state index contributed by atoms with van der Waals surface area (Å²) in [6.45, 7) is 9.50. The van der Waals surface area contributed by atoms with Crippen LogP contribution in [0.3, 0.4) is 0 Å². The highest BCUT2D eigenvalue weighted by molar-refractivity contribution is 6.04. The van der Waals surface area contributed by atoms with E-state index in [1.54, 1.807) is 37.0 Å². The van der Waals surface area contributed by atoms with Crippen LogP contribution in [0.15, 0.2) is 48.8 Å². The highest BCUT2D eigenvalue weighted by Gasteiger charge is 2.38. The van der Waals surface area contributed by atoms with Gasteiger partial charge < -0.3 is 15.3 Å². The summed E-state index contributed by atoms with van der Waals surface area (Å²) in [5, 5.41) is 27.3. The van der Waals surface area contributed by atoms with Crippen molar-refractivity contribution in [2.24, 2.45) is 0 Å². The average Bonchev–Trinajstić information content (AvgIpc) is 3.21. The molecule has 8 nitrogen and oxygen atoms in total. The number of amides is 1. The van der Waals surface area contributed by atoms with Gasteiger partial charge in [-0.15, -0.1) is 0 Å². The lowest BCUT2D eigenvalue weighted by atomic mass is 9.76. The standard InChI is InChI=1S/C27H32N6O2/c1-19-5-8-22(9-6-19)33-20(2)23(16-30-33)25(34)31-21-7-10-24(29-15-21)27(17-28)11-13-32(14-12-27)18-26(3,4)35/h5-10,15-16,35H,11-14,18H2,1-4H3,(H,31,34). The number of rotatable bonds is 6. The molecule has 35 heavy (non-hydrogen) atoms. The topological polar surface area (TPSA) is 107 Å². The van der Waals surface area contributed by atoms with E-state index in [4.69, 9.17) is 0 Å². The highest BCUT2D eigenvalue weighted by Crippen LogP contribution is 2.34. The number of nitrogens with one attached hydrogen (secondary N) is 1. The molecule has 2 N–H and O–H groups in total. The molecule has 2 aromatic heterocycles. The number of aryl methyl sites for hydroxylation is 1. The summed E-state index contributed by atoms with van der Waals surface area (Å²) in [5.41, 5.74) is 3.14. The van der Waals surface area contributed by atoms with Crippen LogP contribution in [0.5, 0.6) is 0 Å². The summed E-state index contributed by atoms with van der Waals surface area (Å²) in [7, 11) is 0. The third-order valence-electron chi connectivity index (χ3n) is 6.58. The molecule has 1 saturated heterocycles. The second-order valence-electron chi connectivity index (χ2n) is 10.1. The summed E-state index contributed by atoms with van der Waals surface area (Å²) >= 11 is 0. The number of hydrogen-bond donors (Lipinski definition) is 2. The van der Waals surface area contributed by atoms with Crippen molar-refractivity contribution in [3.8, 4) is 11.8 Å². The molecule has 1 amide bonds. The molecule has 1 aromatic carbocycles. The Bertz CT molecular complexity index is 1220. The van der Waals surface area contributed by atoms with E-state index < -0.39 is 11.0 Å². The molecule has 1 aliphatic rings. The molecule has 8 heteroatoms. The molecular weight excluding hydrogens is 440 g/mol. The number of anilines is 1. The van der Waals surface area contributed by atoms with Gasteiger partial charge in [0.05, 0.1) is 52.4 Å². The molecule has 3 aromatic rings. The van der Waals surface area contributed by atoms with Gasteiger partial charge in [0, 0.05) is 19.6 Å². The van der Waals surface area contributed by atoms with E-state index in [1.165, 1.54) is 0 Å². The molecule has 0 radical (unpaired) electrons. The van der Waals surface area contributed by atoms with Gasteiger partial charge in [0.1, 0.15) is 5.41 Å². The molecule has 0 saturated carbocycles. The van der Waals surface area contributed by atoms with Gasteiger partial charge in [0.2, 0.25) is 0 Å². The van der Waals surface area contributed by atoms with Gasteiger partial charge in [0.25, 0.3) is 5.91 Å². The summed E-state index contributed by atoms with van der Waals surface area (Å²) in [6, 6.07) is 14.1. The van der Waals surface area contributed by atoms with Gasteiger partial charge >= 0.3 is 0 Å². The van der Waals surface area contributed by atoms with Gasteiger partial charge in [-0.2, -0.15) is 10.4 Å². The number of piperidine rings is 1. The van der Waals surface area contributed by atoms with Crippen molar-refractivity contribution < 1.29 is 9.90 Å². The zero-order valence-corrected chi connectivity index (χ0v) is 20.7. The predicted octanol–water partition coefficient (Wildman–Crippen LogP) is 3.76. The van der Waals surface area contributed by atoms with E-state index in [1.807, 2.05) is 44.2 Å². The van der Waals surface area contributed by atoms with Crippen molar-refractivity contribution in [1.29, 1.82) is 5.26 Å². The lowest BCUT2D eigenvalue weighted by Crippen LogP contribution is -2.47. The Morgan fingerprint density at radius 3 is 2.40 bits per heavy atom. The first-order valence-corrected chi connectivity index (χ1v) is 11.9. The Morgan fingerprint density at radius 2 is 1.83 bits per heavy atom. The first-order valence-electron chi connectivity index (χ1n) is 11.9. The van der Waals surface area contributed by atoms with Crippen LogP contribution in [0, 0.1) is 25.2 Å². The normalized spacial score (nSPS) is 16.0. The number of aromatic nitrogens is 3. The van der Waals surface area contributed by atoms with E-state index in [9.17, 15) is 15.2 Å². The number of likely N-dealkylation sites (tertiary alicyclic amines) is 1. The molecule has 0 bridgehead atoms. The number of aliphatic hydroxyl groups is 1. The van der Waals surface area contributed by atoms with Crippen LogP contribution in [0.25, 0.3) is 5.69 Å². The van der Waals surface area contributed by atoms with Gasteiger partial charge in [-0.25, -0.2) is 4.68 Å². The van der Waals surface area contributed by atoms with Gasteiger partial charge in [-0.05, 0) is 64.8 Å². The number of carbonyl (C=O) groups is 1. The first kappa shape index (κ1) is 24.6. The van der Waals surface area contributed by atoms with Crippen LogP contribution < -0.4 is 5.32 Å². The van der Waals surface area contributed by atoms with Gasteiger partial charge in [-0.3, -0.25) is 9.78 Å². The maximum absolute atomic E-state index is 12.9. The quantitative estimate of drug-likeness (QED) is 0.566. The number of nitrogens with zero attached hydrogens (tertiary/aromatic N) is 5. The minimum absolute atomic E-state index is 0.259. The minimum Gasteiger partial charge on any atom is -0.389 e. The fourth-order valence-corrected chi connectivity index (χ4v) is 4.59. The Kier molecular flexibility index (Phi) is 6.75. The van der Waals surface area contributed by atoms with Crippen molar-refractivity contribution in [1.82, 2.24) is 19.7 Å². The fraction of sp³-hybridized carbons (Fsp3) is 0.407. The van der Waals surface area contributed by atoms with Crippen LogP contribution in [-0.2, 0) is 5.41 Å². The molecule has 0 spiro atoms. The molecule has 0 atom stereocenters. The molecule has 0 unspecified atom stereocenters. The van der Waals surface area contributed by atoms with Crippen molar-refractivity contribution >= 4 is 11.6 Å². The monoisotopic (exact) mass is 472 g/mol. The molecule has 0 aliphatic carbocycles. The summed E-state index contributed by atoms with van der Waals surface area (Å²) in [6.07, 6.45) is 4.47. The molecule has 1 aliphatic heterocycles. The molecule has 1 fully saturated rings. The van der Waals surface area contributed by atoms with E-state index in [0.29, 0.717) is 36.3 Å². The van der Waals surface area contributed by atoms with Crippen molar-refractivity contribution in [2.45, 2.75) is 51.6 Å². The molecular formula is C27H32N6O2. The lowest BCUT2D eigenvalue weighted by Gasteiger charge is -2.39. The second kappa shape index (κ2) is 9.61. The van der Waals surface area contributed by atoms with Crippen LogP contribution >= 0.6 is 0 Å². The minimum atomic E-state index is -0.764. The third-order valence-corrected chi connectivity index (χ3v) is 6.58. The van der Waals surface area contributed by atoms with E-state index in [-0.39, 0.29) is 5.91 Å². The van der Waals surface area contributed by atoms with E-state index in [0.717, 1.165) is 30.0 Å². The Labute approximate surface area is 206 Å². The zero-order chi connectivity index (χ0) is 25.2. The highest BCUT2D eigenvalue weighted by atomic mass is 16.3. The van der Waals surface area contributed by atoms with Crippen molar-refractivity contribution in [2.75, 3.05) is 25.0 Å². The van der Waals surface area contributed by atoms with Crippen LogP contribution in [0.2, 0.25) is 0 Å². The van der Waals surface area contributed by atoms with Gasteiger partial charge in [0.15, 0.2) is 0 Å². The smallest absolute Gasteiger partial charge is 0.259 e. The number of β-amino-alcohol motifs (C(OH)–C–C–N with tert-alkyl or cyclic N) is 1. The zero-order valence-electron chi connectivity index (χ0n) is 20.7. The molecule has 182 valence electrons. The predicted molar refractivity (Wildman–Crippen MR) is 134 cm³/mol. The van der Waals surface area contributed by atoms with Crippen LogP contribution in [0.4, 0.5) is 5.69 Å². The summed E-state index contributed by atoms with van der Waals surface area (Å²) in [4.78, 5) is 19.7. The maximum Gasteiger partial charge on any atom is 0.259 e. The largest absolute Gasteiger partial charge is 0.389 e. The first-order chi connectivity index (χ1) is 16.6. The Morgan fingerprint density at radius 1 is 1.14 bits per heavy atom. The fourth-order valence-electron chi connectivity index (χ4n) is 4.59. The van der Waals surface area contributed by atoms with Crippen molar-refractivity contribution in [3.05, 3.63) is 71.3 Å². The maximum atomic E-state index is 12.9. The number of hydrogen-bond acceptors (Lipinski definition) is 6. The molecule has 4 rings (SSSR count). The number of pyridine rings is 1. The lowest BCUT2D eigenvalue weighted by molar-refractivity contribution is 0.0244. The van der Waals surface area contributed by atoms with Crippen molar-refractivity contribution in [3.63, 3.8) is 0 Å². The summed E-state index contributed by atoms with van der Waals surface area (Å²) < 4.78 is 1.75. The average molecular weight is 473 g/mol. The van der Waals surface area contributed by atoms with Crippen LogP contribution in [0.1, 0.15) is 54.0 Å². The van der Waals surface area contributed by atoms with Crippen LogP contribution in [-0.4, -0.2) is 55.9 Å². The van der Waals surface area contributed by atoms with E-state index >= 15 is 0 Å². The van der Waals surface area contributed by atoms with E-state index in [2.05, 4.69) is 26.4 Å². The summed E-state index contributed by atoms with van der Waals surface area (Å²) in [5.74, 6) is -0.259.